The van der Waals surface area contributed by atoms with Crippen molar-refractivity contribution in [1.82, 2.24) is 15.5 Å². The Bertz CT molecular complexity index is 699. The highest BCUT2D eigenvalue weighted by atomic mass is 16.5. The molecule has 1 aliphatic carbocycles. The summed E-state index contributed by atoms with van der Waals surface area (Å²) in [6, 6.07) is 6.25. The van der Waals surface area contributed by atoms with Crippen LogP contribution in [0, 0.1) is 0 Å². The fourth-order valence-electron chi connectivity index (χ4n) is 2.80. The first-order chi connectivity index (χ1) is 13.5. The van der Waals surface area contributed by atoms with Crippen LogP contribution in [0.1, 0.15) is 19.8 Å². The number of carbonyl (C=O) groups is 3. The molecule has 0 bridgehead atoms. The Morgan fingerprint density at radius 3 is 2.39 bits per heavy atom. The van der Waals surface area contributed by atoms with Crippen LogP contribution in [-0.4, -0.2) is 67.7 Å². The molecule has 0 radical (unpaired) electrons. The number of amides is 4. The number of benzene rings is 1. The summed E-state index contributed by atoms with van der Waals surface area (Å²) in [6.45, 7) is 4.84. The number of urea groups is 1. The number of anilines is 2. The van der Waals surface area contributed by atoms with Gasteiger partial charge < -0.3 is 20.7 Å². The molecule has 0 spiro atoms. The lowest BCUT2D eigenvalue weighted by atomic mass is 10.2. The van der Waals surface area contributed by atoms with E-state index in [2.05, 4.69) is 26.2 Å². The topological polar surface area (TPSA) is 112 Å². The Kier molecular flexibility index (Phi) is 6.83. The Morgan fingerprint density at radius 2 is 1.75 bits per heavy atom. The second-order valence-corrected chi connectivity index (χ2v) is 7.12. The van der Waals surface area contributed by atoms with Crippen molar-refractivity contribution < 1.29 is 19.1 Å². The molecule has 28 heavy (non-hydrogen) atoms. The fourth-order valence-corrected chi connectivity index (χ4v) is 2.80. The summed E-state index contributed by atoms with van der Waals surface area (Å²) in [5, 5.41) is 10.9. The highest BCUT2D eigenvalue weighted by Crippen LogP contribution is 2.18. The number of hydrogen-bond acceptors (Lipinski definition) is 6. The van der Waals surface area contributed by atoms with E-state index in [0.29, 0.717) is 25.4 Å². The molecule has 9 nitrogen and oxygen atoms in total. The Balaban J connectivity index is 1.41. The minimum Gasteiger partial charge on any atom is -0.379 e. The first-order valence-corrected chi connectivity index (χ1v) is 9.57. The molecule has 1 aromatic rings. The Hall–Kier alpha value is -2.65. The third-order valence-electron chi connectivity index (χ3n) is 4.57. The van der Waals surface area contributed by atoms with Crippen LogP contribution in [-0.2, 0) is 14.3 Å². The SMILES string of the molecule is CC(Nc1ccc(NC(=O)CN2CCOCC2)cc1)C(=O)NC(=O)NC1CC1. The van der Waals surface area contributed by atoms with E-state index < -0.39 is 18.0 Å². The monoisotopic (exact) mass is 389 g/mol. The summed E-state index contributed by atoms with van der Waals surface area (Å²) in [6.07, 6.45) is 1.93. The molecular formula is C19H27N5O4. The van der Waals surface area contributed by atoms with Crippen molar-refractivity contribution in [2.75, 3.05) is 43.5 Å². The van der Waals surface area contributed by atoms with E-state index in [4.69, 9.17) is 4.74 Å². The fraction of sp³-hybridized carbons (Fsp3) is 0.526. The number of imide groups is 1. The third-order valence-corrected chi connectivity index (χ3v) is 4.57. The van der Waals surface area contributed by atoms with Crippen LogP contribution < -0.4 is 21.3 Å². The predicted molar refractivity (Wildman–Crippen MR) is 105 cm³/mol. The molecule has 0 aromatic heterocycles. The second kappa shape index (κ2) is 9.52. The summed E-state index contributed by atoms with van der Waals surface area (Å²) >= 11 is 0. The lowest BCUT2D eigenvalue weighted by molar-refractivity contribution is -0.120. The quantitative estimate of drug-likeness (QED) is 0.548. The molecule has 1 saturated heterocycles. The van der Waals surface area contributed by atoms with Crippen molar-refractivity contribution in [3.05, 3.63) is 24.3 Å². The number of hydrogen-bond donors (Lipinski definition) is 4. The van der Waals surface area contributed by atoms with Gasteiger partial charge in [-0.2, -0.15) is 0 Å². The maximum atomic E-state index is 12.1. The molecule has 1 atom stereocenters. The summed E-state index contributed by atoms with van der Waals surface area (Å²) in [5.41, 5.74) is 1.40. The van der Waals surface area contributed by atoms with Crippen molar-refractivity contribution in [1.29, 1.82) is 0 Å². The molecule has 9 heteroatoms. The van der Waals surface area contributed by atoms with Crippen LogP contribution in [0.2, 0.25) is 0 Å². The van der Waals surface area contributed by atoms with E-state index in [1.165, 1.54) is 0 Å². The van der Waals surface area contributed by atoms with Crippen molar-refractivity contribution in [3.8, 4) is 0 Å². The van der Waals surface area contributed by atoms with Crippen LogP contribution in [0.3, 0.4) is 0 Å². The highest BCUT2D eigenvalue weighted by Gasteiger charge is 2.25. The average Bonchev–Trinajstić information content (AvgIpc) is 3.47. The molecule has 1 saturated carbocycles. The second-order valence-electron chi connectivity index (χ2n) is 7.12. The number of ether oxygens (including phenoxy) is 1. The van der Waals surface area contributed by atoms with Gasteiger partial charge in [0.05, 0.1) is 19.8 Å². The Labute approximate surface area is 164 Å². The number of rotatable bonds is 7. The minimum absolute atomic E-state index is 0.0722. The predicted octanol–water partition coefficient (Wildman–Crippen LogP) is 0.746. The largest absolute Gasteiger partial charge is 0.379 e. The number of nitrogens with zero attached hydrogens (tertiary/aromatic N) is 1. The van der Waals surface area contributed by atoms with Gasteiger partial charge in [0.15, 0.2) is 0 Å². The van der Waals surface area contributed by atoms with Gasteiger partial charge >= 0.3 is 6.03 Å². The smallest absolute Gasteiger partial charge is 0.321 e. The molecule has 152 valence electrons. The summed E-state index contributed by atoms with van der Waals surface area (Å²) in [5.74, 6) is -0.474. The minimum atomic E-state index is -0.577. The normalized spacial score (nSPS) is 18.0. The first kappa shape index (κ1) is 20.1. The molecule has 1 aliphatic heterocycles. The van der Waals surface area contributed by atoms with Crippen molar-refractivity contribution in [3.63, 3.8) is 0 Å². The zero-order valence-electron chi connectivity index (χ0n) is 16.0. The van der Waals surface area contributed by atoms with E-state index in [-0.39, 0.29) is 11.9 Å². The number of morpholine rings is 1. The zero-order valence-corrected chi connectivity index (χ0v) is 16.0. The molecule has 4 amide bonds. The van der Waals surface area contributed by atoms with Crippen LogP contribution >= 0.6 is 0 Å². The Morgan fingerprint density at radius 1 is 1.11 bits per heavy atom. The van der Waals surface area contributed by atoms with Crippen molar-refractivity contribution in [2.45, 2.75) is 31.8 Å². The molecular weight excluding hydrogens is 362 g/mol. The van der Waals surface area contributed by atoms with E-state index in [1.54, 1.807) is 31.2 Å². The van der Waals surface area contributed by atoms with E-state index in [1.807, 2.05) is 0 Å². The summed E-state index contributed by atoms with van der Waals surface area (Å²) in [4.78, 5) is 37.9. The van der Waals surface area contributed by atoms with Crippen LogP contribution in [0.25, 0.3) is 0 Å². The van der Waals surface area contributed by atoms with Gasteiger partial charge in [0.1, 0.15) is 6.04 Å². The number of nitrogens with one attached hydrogen (secondary N) is 4. The van der Waals surface area contributed by atoms with E-state index in [0.717, 1.165) is 31.6 Å². The zero-order chi connectivity index (χ0) is 19.9. The van der Waals surface area contributed by atoms with Gasteiger partial charge in [0, 0.05) is 30.5 Å². The maximum absolute atomic E-state index is 12.1. The van der Waals surface area contributed by atoms with Crippen LogP contribution in [0.5, 0.6) is 0 Å². The molecule has 1 unspecified atom stereocenters. The standard InChI is InChI=1S/C19H27N5O4/c1-13(18(26)23-19(27)22-16-6-7-16)20-14-2-4-15(5-3-14)21-17(25)12-24-8-10-28-11-9-24/h2-5,13,16,20H,6-12H2,1H3,(H,21,25)(H2,22,23,26,27). The van der Waals surface area contributed by atoms with Gasteiger partial charge in [-0.15, -0.1) is 0 Å². The summed E-state index contributed by atoms with van der Waals surface area (Å²) < 4.78 is 5.27. The van der Waals surface area contributed by atoms with Crippen LogP contribution in [0.15, 0.2) is 24.3 Å². The van der Waals surface area contributed by atoms with Gasteiger partial charge in [-0.1, -0.05) is 0 Å². The van der Waals surface area contributed by atoms with E-state index >= 15 is 0 Å². The molecule has 1 heterocycles. The van der Waals surface area contributed by atoms with Crippen LogP contribution in [0.4, 0.5) is 16.2 Å². The lowest BCUT2D eigenvalue weighted by Crippen LogP contribution is -2.46. The number of carbonyl (C=O) groups excluding carboxylic acids is 3. The van der Waals surface area contributed by atoms with E-state index in [9.17, 15) is 14.4 Å². The molecule has 3 rings (SSSR count). The van der Waals surface area contributed by atoms with Gasteiger partial charge in [0.2, 0.25) is 11.8 Å². The highest BCUT2D eigenvalue weighted by molar-refractivity contribution is 5.98. The molecule has 2 aliphatic rings. The van der Waals surface area contributed by atoms with Gasteiger partial charge in [-0.3, -0.25) is 19.8 Å². The maximum Gasteiger partial charge on any atom is 0.321 e. The van der Waals surface area contributed by atoms with Gasteiger partial charge in [-0.05, 0) is 44.0 Å². The van der Waals surface area contributed by atoms with Gasteiger partial charge in [-0.25, -0.2) is 4.79 Å². The molecule has 2 fully saturated rings. The molecule has 1 aromatic carbocycles. The van der Waals surface area contributed by atoms with Crippen molar-refractivity contribution >= 4 is 29.2 Å². The average molecular weight is 389 g/mol. The lowest BCUT2D eigenvalue weighted by Gasteiger charge is -2.25. The molecule has 4 N–H and O–H groups in total. The third kappa shape index (κ3) is 6.50. The van der Waals surface area contributed by atoms with Crippen molar-refractivity contribution in [2.24, 2.45) is 0 Å². The van der Waals surface area contributed by atoms with Gasteiger partial charge in [0.25, 0.3) is 0 Å². The first-order valence-electron chi connectivity index (χ1n) is 9.57. The summed E-state index contributed by atoms with van der Waals surface area (Å²) in [7, 11) is 0.